The molecule has 2 saturated heterocycles. The van der Waals surface area contributed by atoms with Crippen molar-refractivity contribution < 1.29 is 13.2 Å². The van der Waals surface area contributed by atoms with E-state index >= 15 is 0 Å². The van der Waals surface area contributed by atoms with E-state index < -0.39 is 16.1 Å². The van der Waals surface area contributed by atoms with E-state index in [4.69, 9.17) is 0 Å². The average molecular weight is 402 g/mol. The fraction of sp³-hybridized carbons (Fsp3) is 0.611. The van der Waals surface area contributed by atoms with E-state index in [-0.39, 0.29) is 35.3 Å². The number of carbonyl (C=O) groups excluding carboxylic acids is 1. The van der Waals surface area contributed by atoms with Crippen molar-refractivity contribution in [2.45, 2.75) is 62.0 Å². The normalized spacial score (nSPS) is 27.3. The second-order valence-electron chi connectivity index (χ2n) is 6.94. The average Bonchev–Trinajstić information content (AvgIpc) is 2.64. The number of nitrogens with zero attached hydrogens (tertiary/aromatic N) is 1. The summed E-state index contributed by atoms with van der Waals surface area (Å²) in [5.41, 5.74) is 0. The summed E-state index contributed by atoms with van der Waals surface area (Å²) < 4.78 is 27.4. The lowest BCUT2D eigenvalue weighted by Gasteiger charge is -2.36. The third-order valence-electron chi connectivity index (χ3n) is 5.20. The Morgan fingerprint density at radius 1 is 1.15 bits per heavy atom. The van der Waals surface area contributed by atoms with Gasteiger partial charge in [0.2, 0.25) is 15.9 Å². The fourth-order valence-electron chi connectivity index (χ4n) is 3.70. The Hall–Kier alpha value is -1.15. The van der Waals surface area contributed by atoms with Crippen molar-refractivity contribution in [1.29, 1.82) is 0 Å². The molecule has 2 aliphatic rings. The highest BCUT2D eigenvalue weighted by Crippen LogP contribution is 2.25. The van der Waals surface area contributed by atoms with Crippen molar-refractivity contribution in [3.8, 4) is 0 Å². The van der Waals surface area contributed by atoms with Crippen molar-refractivity contribution in [2.75, 3.05) is 13.1 Å². The summed E-state index contributed by atoms with van der Waals surface area (Å²) in [5, 5.41) is 6.45. The summed E-state index contributed by atoms with van der Waals surface area (Å²) in [7, 11) is -3.65. The first-order chi connectivity index (χ1) is 12.0. The van der Waals surface area contributed by atoms with Gasteiger partial charge in [0.05, 0.1) is 4.90 Å². The second kappa shape index (κ2) is 9.17. The van der Waals surface area contributed by atoms with Gasteiger partial charge in [0, 0.05) is 18.6 Å². The van der Waals surface area contributed by atoms with Crippen LogP contribution in [0.3, 0.4) is 0 Å². The van der Waals surface area contributed by atoms with Gasteiger partial charge in [0.15, 0.2) is 0 Å². The smallest absolute Gasteiger partial charge is 0.243 e. The number of nitrogens with one attached hydrogen (secondary N) is 2. The van der Waals surface area contributed by atoms with Crippen LogP contribution in [-0.2, 0) is 14.8 Å². The molecule has 3 rings (SSSR count). The third-order valence-corrected chi connectivity index (χ3v) is 7.12. The van der Waals surface area contributed by atoms with Crippen LogP contribution in [-0.4, -0.2) is 49.8 Å². The number of rotatable bonds is 4. The zero-order valence-electron chi connectivity index (χ0n) is 15.1. The third kappa shape index (κ3) is 4.57. The standard InChI is InChI=1S/C18H27N3O3S.ClH/c1-14-16(10-7-12-19-14)20-18(22)17-11-5-6-13-21(17)25(23,24)15-8-3-2-4-9-15;/h2-4,8-9,14,16-17,19H,5-7,10-13H2,1H3,(H,20,22);1H. The van der Waals surface area contributed by atoms with Crippen molar-refractivity contribution >= 4 is 28.3 Å². The summed E-state index contributed by atoms with van der Waals surface area (Å²) >= 11 is 0. The number of halogens is 1. The highest BCUT2D eigenvalue weighted by atomic mass is 35.5. The van der Waals surface area contributed by atoms with E-state index in [2.05, 4.69) is 17.6 Å². The Balaban J connectivity index is 0.00000243. The molecule has 2 heterocycles. The van der Waals surface area contributed by atoms with Crippen molar-refractivity contribution in [3.63, 3.8) is 0 Å². The van der Waals surface area contributed by atoms with Gasteiger partial charge in [0.1, 0.15) is 6.04 Å². The summed E-state index contributed by atoms with van der Waals surface area (Å²) in [4.78, 5) is 13.1. The Bertz CT molecular complexity index is 699. The molecular weight excluding hydrogens is 374 g/mol. The monoisotopic (exact) mass is 401 g/mol. The number of amides is 1. The lowest BCUT2D eigenvalue weighted by molar-refractivity contribution is -0.126. The van der Waals surface area contributed by atoms with Gasteiger partial charge in [-0.05, 0) is 51.3 Å². The fourth-order valence-corrected chi connectivity index (χ4v) is 5.38. The van der Waals surface area contributed by atoms with Gasteiger partial charge in [-0.3, -0.25) is 4.79 Å². The molecule has 3 atom stereocenters. The minimum absolute atomic E-state index is 0. The molecule has 0 saturated carbocycles. The predicted molar refractivity (Wildman–Crippen MR) is 104 cm³/mol. The first kappa shape index (κ1) is 21.2. The minimum Gasteiger partial charge on any atom is -0.350 e. The van der Waals surface area contributed by atoms with Gasteiger partial charge >= 0.3 is 0 Å². The molecule has 0 spiro atoms. The maximum Gasteiger partial charge on any atom is 0.243 e. The Kier molecular flexibility index (Phi) is 7.46. The molecular formula is C18H28ClN3O3S. The predicted octanol–water partition coefficient (Wildman–Crippen LogP) is 1.91. The van der Waals surface area contributed by atoms with Gasteiger partial charge in [-0.15, -0.1) is 12.4 Å². The number of sulfonamides is 1. The maximum atomic E-state index is 13.0. The number of hydrogen-bond acceptors (Lipinski definition) is 4. The Morgan fingerprint density at radius 2 is 1.88 bits per heavy atom. The van der Waals surface area contributed by atoms with Crippen LogP contribution in [0.4, 0.5) is 0 Å². The highest BCUT2D eigenvalue weighted by Gasteiger charge is 2.38. The molecule has 0 aliphatic carbocycles. The highest BCUT2D eigenvalue weighted by molar-refractivity contribution is 7.89. The van der Waals surface area contributed by atoms with Gasteiger partial charge in [-0.2, -0.15) is 4.31 Å². The second-order valence-corrected chi connectivity index (χ2v) is 8.83. The number of hydrogen-bond donors (Lipinski definition) is 2. The van der Waals surface area contributed by atoms with Gasteiger partial charge < -0.3 is 10.6 Å². The zero-order chi connectivity index (χ0) is 17.9. The molecule has 0 bridgehead atoms. The van der Waals surface area contributed by atoms with Crippen LogP contribution < -0.4 is 10.6 Å². The van der Waals surface area contributed by atoms with Crippen LogP contribution in [0, 0.1) is 0 Å². The van der Waals surface area contributed by atoms with Crippen molar-refractivity contribution in [2.24, 2.45) is 0 Å². The van der Waals surface area contributed by atoms with Crippen molar-refractivity contribution in [3.05, 3.63) is 30.3 Å². The summed E-state index contributed by atoms with van der Waals surface area (Å²) in [6.45, 7) is 3.42. The first-order valence-electron chi connectivity index (χ1n) is 9.11. The molecule has 2 N–H and O–H groups in total. The molecule has 2 fully saturated rings. The molecule has 26 heavy (non-hydrogen) atoms. The topological polar surface area (TPSA) is 78.5 Å². The summed E-state index contributed by atoms with van der Waals surface area (Å²) in [6, 6.07) is 8.04. The molecule has 2 aliphatic heterocycles. The molecule has 6 nitrogen and oxygen atoms in total. The van der Waals surface area contributed by atoms with E-state index in [0.717, 1.165) is 32.2 Å². The van der Waals surface area contributed by atoms with E-state index in [0.29, 0.717) is 13.0 Å². The van der Waals surface area contributed by atoms with Gasteiger partial charge in [0.25, 0.3) is 0 Å². The number of carbonyl (C=O) groups is 1. The van der Waals surface area contributed by atoms with Gasteiger partial charge in [-0.1, -0.05) is 24.6 Å². The van der Waals surface area contributed by atoms with Crippen molar-refractivity contribution in [1.82, 2.24) is 14.9 Å². The largest absolute Gasteiger partial charge is 0.350 e. The van der Waals surface area contributed by atoms with Gasteiger partial charge in [-0.25, -0.2) is 8.42 Å². The Labute approximate surface area is 162 Å². The van der Waals surface area contributed by atoms with Crippen LogP contribution >= 0.6 is 12.4 Å². The molecule has 3 unspecified atom stereocenters. The minimum atomic E-state index is -3.65. The van der Waals surface area contributed by atoms with E-state index in [1.54, 1.807) is 30.3 Å². The molecule has 146 valence electrons. The SMILES string of the molecule is CC1NCCCC1NC(=O)C1CCCCN1S(=O)(=O)c1ccccc1.Cl. The lowest BCUT2D eigenvalue weighted by atomic mass is 9.98. The maximum absolute atomic E-state index is 13.0. The van der Waals surface area contributed by atoms with E-state index in [1.165, 1.54) is 4.31 Å². The van der Waals surface area contributed by atoms with E-state index in [1.807, 2.05) is 0 Å². The van der Waals surface area contributed by atoms with Crippen LogP contribution in [0.2, 0.25) is 0 Å². The van der Waals surface area contributed by atoms with Crippen LogP contribution in [0.15, 0.2) is 35.2 Å². The van der Waals surface area contributed by atoms with Crippen LogP contribution in [0.1, 0.15) is 39.0 Å². The lowest BCUT2D eigenvalue weighted by Crippen LogP contribution is -2.58. The van der Waals surface area contributed by atoms with Crippen LogP contribution in [0.25, 0.3) is 0 Å². The summed E-state index contributed by atoms with van der Waals surface area (Å²) in [5.74, 6) is -0.167. The molecule has 1 aromatic rings. The quantitative estimate of drug-likeness (QED) is 0.807. The molecule has 1 aromatic carbocycles. The summed E-state index contributed by atoms with van der Waals surface area (Å²) in [6.07, 6.45) is 4.19. The molecule has 0 aromatic heterocycles. The molecule has 0 radical (unpaired) electrons. The number of piperidine rings is 2. The molecule has 1 amide bonds. The number of benzene rings is 1. The zero-order valence-corrected chi connectivity index (χ0v) is 16.7. The molecule has 8 heteroatoms. The first-order valence-corrected chi connectivity index (χ1v) is 10.5. The van der Waals surface area contributed by atoms with Crippen LogP contribution in [0.5, 0.6) is 0 Å². The van der Waals surface area contributed by atoms with E-state index in [9.17, 15) is 13.2 Å². The Morgan fingerprint density at radius 3 is 2.58 bits per heavy atom.